The van der Waals surface area contributed by atoms with Crippen LogP contribution >= 0.6 is 0 Å². The van der Waals surface area contributed by atoms with E-state index in [1.165, 1.54) is 0 Å². The van der Waals surface area contributed by atoms with Gasteiger partial charge in [0.1, 0.15) is 0 Å². The number of carbonyl (C=O) groups is 1. The predicted octanol–water partition coefficient (Wildman–Crippen LogP) is 3.41. The van der Waals surface area contributed by atoms with Gasteiger partial charge >= 0.3 is 11.8 Å². The molecule has 7 nitrogen and oxygen atoms in total. The van der Waals surface area contributed by atoms with E-state index in [1.807, 2.05) is 32.9 Å². The van der Waals surface area contributed by atoms with Crippen LogP contribution < -0.4 is 11.1 Å². The Kier molecular flexibility index (Phi) is 5.30. The molecule has 0 aliphatic heterocycles. The maximum absolute atomic E-state index is 12.6. The number of oxazole rings is 1. The zero-order chi connectivity index (χ0) is 19.6. The first-order valence-electron chi connectivity index (χ1n) is 8.97. The van der Waals surface area contributed by atoms with Gasteiger partial charge in [-0.25, -0.2) is 9.59 Å². The van der Waals surface area contributed by atoms with Gasteiger partial charge in [0.05, 0.1) is 5.52 Å². The molecule has 27 heavy (non-hydrogen) atoms. The number of aromatic nitrogens is 2. The third-order valence-corrected chi connectivity index (χ3v) is 4.69. The van der Waals surface area contributed by atoms with E-state index < -0.39 is 5.76 Å². The number of pyridine rings is 1. The number of anilines is 1. The van der Waals surface area contributed by atoms with Crippen LogP contribution in [0.2, 0.25) is 0 Å². The minimum Gasteiger partial charge on any atom is -0.408 e. The normalized spacial score (nSPS) is 12.1. The summed E-state index contributed by atoms with van der Waals surface area (Å²) < 4.78 is 6.79. The second-order valence-electron chi connectivity index (χ2n) is 6.71. The van der Waals surface area contributed by atoms with Crippen LogP contribution in [-0.4, -0.2) is 33.6 Å². The first kappa shape index (κ1) is 18.7. The number of likely N-dealkylation sites (N-methyl/N-ethyl adjacent to an activating group) is 1. The molecule has 2 amide bonds. The highest BCUT2D eigenvalue weighted by Crippen LogP contribution is 2.19. The van der Waals surface area contributed by atoms with E-state index >= 15 is 0 Å². The Labute approximate surface area is 157 Å². The van der Waals surface area contributed by atoms with Gasteiger partial charge in [-0.15, -0.1) is 0 Å². The molecule has 142 valence electrons. The summed E-state index contributed by atoms with van der Waals surface area (Å²) in [5.41, 5.74) is 3.85. The highest BCUT2D eigenvalue weighted by atomic mass is 16.4. The molecule has 7 heteroatoms. The molecule has 0 radical (unpaired) electrons. The lowest BCUT2D eigenvalue weighted by molar-refractivity contribution is 0.207. The highest BCUT2D eigenvalue weighted by Gasteiger charge is 2.17. The Morgan fingerprint density at radius 2 is 2.11 bits per heavy atom. The van der Waals surface area contributed by atoms with Gasteiger partial charge in [-0.05, 0) is 50.6 Å². The van der Waals surface area contributed by atoms with Crippen LogP contribution in [0.1, 0.15) is 25.1 Å². The summed E-state index contributed by atoms with van der Waals surface area (Å²) in [7, 11) is 1.75. The summed E-state index contributed by atoms with van der Waals surface area (Å²) in [5.74, 6) is -0.396. The molecule has 0 bridgehead atoms. The van der Waals surface area contributed by atoms with Crippen molar-refractivity contribution in [3.05, 3.63) is 58.3 Å². The van der Waals surface area contributed by atoms with Gasteiger partial charge in [-0.2, -0.15) is 0 Å². The second-order valence-corrected chi connectivity index (χ2v) is 6.71. The fourth-order valence-corrected chi connectivity index (χ4v) is 3.01. The van der Waals surface area contributed by atoms with Crippen LogP contribution in [0.3, 0.4) is 0 Å². The third-order valence-electron chi connectivity index (χ3n) is 4.69. The maximum Gasteiger partial charge on any atom is 0.419 e. The number of benzene rings is 1. The Hall–Kier alpha value is -3.09. The number of hydrogen-bond acceptors (Lipinski definition) is 4. The fourth-order valence-electron chi connectivity index (χ4n) is 3.01. The monoisotopic (exact) mass is 368 g/mol. The Morgan fingerprint density at radius 1 is 1.33 bits per heavy atom. The Morgan fingerprint density at radius 3 is 2.81 bits per heavy atom. The number of hydrogen-bond donors (Lipinski definition) is 1. The molecular weight excluding hydrogens is 344 g/mol. The van der Waals surface area contributed by atoms with Crippen LogP contribution in [0, 0.1) is 6.92 Å². The van der Waals surface area contributed by atoms with Crippen molar-refractivity contribution in [2.24, 2.45) is 0 Å². The van der Waals surface area contributed by atoms with Crippen molar-refractivity contribution in [1.82, 2.24) is 14.5 Å². The number of fused-ring (bicyclic) bond motifs is 1. The van der Waals surface area contributed by atoms with Gasteiger partial charge in [0, 0.05) is 49.7 Å². The van der Waals surface area contributed by atoms with Crippen molar-refractivity contribution in [1.29, 1.82) is 0 Å². The number of amides is 2. The van der Waals surface area contributed by atoms with E-state index in [4.69, 9.17) is 4.42 Å². The van der Waals surface area contributed by atoms with Crippen molar-refractivity contribution in [3.8, 4) is 0 Å². The Bertz CT molecular complexity index is 1020. The molecule has 2 heterocycles. The van der Waals surface area contributed by atoms with Crippen molar-refractivity contribution >= 4 is 22.8 Å². The van der Waals surface area contributed by atoms with Crippen LogP contribution in [-0.2, 0) is 13.0 Å². The summed E-state index contributed by atoms with van der Waals surface area (Å²) in [6.45, 7) is 6.41. The summed E-state index contributed by atoms with van der Waals surface area (Å²) in [4.78, 5) is 30.4. The van der Waals surface area contributed by atoms with Gasteiger partial charge in [-0.3, -0.25) is 9.55 Å². The third kappa shape index (κ3) is 4.02. The first-order valence-corrected chi connectivity index (χ1v) is 8.97. The predicted molar refractivity (Wildman–Crippen MR) is 105 cm³/mol. The molecule has 1 N–H and O–H groups in total. The number of nitrogens with zero attached hydrogens (tertiary/aromatic N) is 3. The molecule has 0 aliphatic rings. The van der Waals surface area contributed by atoms with Gasteiger partial charge in [0.15, 0.2) is 5.58 Å². The first-order chi connectivity index (χ1) is 12.9. The SMILES string of the molecule is CCn1c(=O)oc2cc(NC(=O)N(C)C(C)Cc3cc(C)ccn3)ccc21. The molecule has 2 aromatic heterocycles. The molecule has 3 rings (SSSR count). The smallest absolute Gasteiger partial charge is 0.408 e. The maximum atomic E-state index is 12.6. The van der Waals surface area contributed by atoms with Crippen LogP contribution in [0.25, 0.3) is 11.1 Å². The number of urea groups is 1. The van der Waals surface area contributed by atoms with Crippen molar-refractivity contribution in [2.45, 2.75) is 39.8 Å². The Balaban J connectivity index is 1.70. The minimum absolute atomic E-state index is 0.0258. The topological polar surface area (TPSA) is 80.4 Å². The summed E-state index contributed by atoms with van der Waals surface area (Å²) >= 11 is 0. The van der Waals surface area contributed by atoms with Gasteiger partial charge in [0.25, 0.3) is 0 Å². The largest absolute Gasteiger partial charge is 0.419 e. The molecule has 1 atom stereocenters. The fraction of sp³-hybridized carbons (Fsp3) is 0.350. The number of rotatable bonds is 5. The van der Waals surface area contributed by atoms with Crippen LogP contribution in [0.5, 0.6) is 0 Å². The molecular formula is C20H24N4O3. The molecule has 0 saturated carbocycles. The zero-order valence-electron chi connectivity index (χ0n) is 16.0. The van der Waals surface area contributed by atoms with Crippen LogP contribution in [0.4, 0.5) is 10.5 Å². The van der Waals surface area contributed by atoms with Gasteiger partial charge < -0.3 is 14.6 Å². The lowest BCUT2D eigenvalue weighted by Crippen LogP contribution is -2.39. The number of carbonyl (C=O) groups excluding carboxylic acids is 1. The molecule has 0 aliphatic carbocycles. The van der Waals surface area contributed by atoms with Crippen molar-refractivity contribution in [3.63, 3.8) is 0 Å². The molecule has 0 saturated heterocycles. The van der Waals surface area contributed by atoms with E-state index in [-0.39, 0.29) is 12.1 Å². The van der Waals surface area contributed by atoms with E-state index in [1.54, 1.807) is 40.9 Å². The average Bonchev–Trinajstić information content (AvgIpc) is 2.95. The van der Waals surface area contributed by atoms with Crippen molar-refractivity contribution in [2.75, 3.05) is 12.4 Å². The lowest BCUT2D eigenvalue weighted by atomic mass is 10.1. The summed E-state index contributed by atoms with van der Waals surface area (Å²) in [6, 6.07) is 8.93. The molecule has 1 aromatic carbocycles. The average molecular weight is 368 g/mol. The number of nitrogens with one attached hydrogen (secondary N) is 1. The molecule has 0 spiro atoms. The lowest BCUT2D eigenvalue weighted by Gasteiger charge is -2.25. The molecule has 0 fully saturated rings. The molecule has 3 aromatic rings. The van der Waals surface area contributed by atoms with E-state index in [0.717, 1.165) is 11.3 Å². The highest BCUT2D eigenvalue weighted by molar-refractivity contribution is 5.91. The number of aryl methyl sites for hydroxylation is 2. The van der Waals surface area contributed by atoms with Crippen molar-refractivity contribution < 1.29 is 9.21 Å². The molecule has 1 unspecified atom stereocenters. The van der Waals surface area contributed by atoms with E-state index in [9.17, 15) is 9.59 Å². The second kappa shape index (κ2) is 7.65. The van der Waals surface area contributed by atoms with Gasteiger partial charge in [0.2, 0.25) is 0 Å². The summed E-state index contributed by atoms with van der Waals surface area (Å²) in [5, 5.41) is 2.85. The minimum atomic E-state index is -0.396. The standard InChI is InChI=1S/C20H24N4O3/c1-5-24-17-7-6-15(12-18(17)27-20(24)26)22-19(25)23(4)14(3)11-16-10-13(2)8-9-21-16/h6-10,12,14H,5,11H2,1-4H3,(H,22,25). The quantitative estimate of drug-likeness (QED) is 0.748. The summed E-state index contributed by atoms with van der Waals surface area (Å²) in [6.07, 6.45) is 2.45. The zero-order valence-corrected chi connectivity index (χ0v) is 16.0. The van der Waals surface area contributed by atoms with Gasteiger partial charge in [-0.1, -0.05) is 0 Å². The van der Waals surface area contributed by atoms with E-state index in [0.29, 0.717) is 29.8 Å². The van der Waals surface area contributed by atoms with E-state index in [2.05, 4.69) is 10.3 Å². The van der Waals surface area contributed by atoms with Crippen LogP contribution in [0.15, 0.2) is 45.7 Å².